The van der Waals surface area contributed by atoms with E-state index in [1.54, 1.807) is 6.92 Å². The zero-order chi connectivity index (χ0) is 11.3. The lowest BCUT2D eigenvalue weighted by Gasteiger charge is -2.00. The third kappa shape index (κ3) is 2.64. The number of hydrogen-bond donors (Lipinski definition) is 0. The second-order valence-electron chi connectivity index (χ2n) is 2.74. The molecule has 0 aliphatic heterocycles. The van der Waals surface area contributed by atoms with Crippen molar-refractivity contribution in [1.82, 2.24) is 0 Å². The van der Waals surface area contributed by atoms with Gasteiger partial charge < -0.3 is 4.74 Å². The molecule has 0 fully saturated rings. The Kier molecular flexibility index (Phi) is 3.58. The SMILES string of the molecule is CCOC(=O)C(=O)c1ccc(C#N)cc1. The highest BCUT2D eigenvalue weighted by Gasteiger charge is 2.16. The Labute approximate surface area is 87.1 Å². The van der Waals surface area contributed by atoms with E-state index in [1.165, 1.54) is 24.3 Å². The first-order chi connectivity index (χ1) is 7.19. The van der Waals surface area contributed by atoms with Gasteiger partial charge in [0.25, 0.3) is 5.78 Å². The molecule has 0 atom stereocenters. The van der Waals surface area contributed by atoms with Crippen LogP contribution >= 0.6 is 0 Å². The van der Waals surface area contributed by atoms with E-state index in [0.29, 0.717) is 5.56 Å². The Hall–Kier alpha value is -2.15. The fourth-order valence-electron chi connectivity index (χ4n) is 1.01. The number of carbonyl (C=O) groups excluding carboxylic acids is 2. The summed E-state index contributed by atoms with van der Waals surface area (Å²) in [6.07, 6.45) is 0. The van der Waals surface area contributed by atoms with E-state index in [1.807, 2.05) is 6.07 Å². The van der Waals surface area contributed by atoms with E-state index in [-0.39, 0.29) is 12.2 Å². The van der Waals surface area contributed by atoms with Gasteiger partial charge in [-0.2, -0.15) is 5.26 Å². The number of benzene rings is 1. The first-order valence-corrected chi connectivity index (χ1v) is 4.40. The predicted octanol–water partition coefficient (Wildman–Crippen LogP) is 1.30. The Morgan fingerprint density at radius 2 is 1.93 bits per heavy atom. The Morgan fingerprint density at radius 1 is 1.33 bits per heavy atom. The van der Waals surface area contributed by atoms with Crippen LogP contribution < -0.4 is 0 Å². The number of nitriles is 1. The van der Waals surface area contributed by atoms with Gasteiger partial charge in [0.1, 0.15) is 0 Å². The molecule has 4 nitrogen and oxygen atoms in total. The fraction of sp³-hybridized carbons (Fsp3) is 0.182. The maximum Gasteiger partial charge on any atom is 0.379 e. The van der Waals surface area contributed by atoms with E-state index in [2.05, 4.69) is 4.74 Å². The highest BCUT2D eigenvalue weighted by molar-refractivity contribution is 6.40. The van der Waals surface area contributed by atoms with E-state index in [0.717, 1.165) is 0 Å². The number of nitrogens with zero attached hydrogens (tertiary/aromatic N) is 1. The van der Waals surface area contributed by atoms with Crippen LogP contribution in [0.2, 0.25) is 0 Å². The van der Waals surface area contributed by atoms with Crippen molar-refractivity contribution in [1.29, 1.82) is 5.26 Å². The number of rotatable bonds is 3. The van der Waals surface area contributed by atoms with E-state index < -0.39 is 11.8 Å². The van der Waals surface area contributed by atoms with Gasteiger partial charge in [0.2, 0.25) is 0 Å². The summed E-state index contributed by atoms with van der Waals surface area (Å²) in [5, 5.41) is 8.53. The monoisotopic (exact) mass is 203 g/mol. The van der Waals surface area contributed by atoms with Gasteiger partial charge in [-0.1, -0.05) is 0 Å². The molecule has 1 aromatic rings. The van der Waals surface area contributed by atoms with Crippen LogP contribution in [-0.4, -0.2) is 18.4 Å². The topological polar surface area (TPSA) is 67.2 Å². The van der Waals surface area contributed by atoms with Gasteiger partial charge in [-0.25, -0.2) is 4.79 Å². The summed E-state index contributed by atoms with van der Waals surface area (Å²) in [5.41, 5.74) is 0.669. The van der Waals surface area contributed by atoms with Crippen LogP contribution in [0.15, 0.2) is 24.3 Å². The molecule has 0 spiro atoms. The lowest BCUT2D eigenvalue weighted by atomic mass is 10.1. The molecule has 0 aliphatic carbocycles. The summed E-state index contributed by atoms with van der Waals surface area (Å²) in [6.45, 7) is 1.80. The molecule has 0 unspecified atom stereocenters. The van der Waals surface area contributed by atoms with Crippen molar-refractivity contribution < 1.29 is 14.3 Å². The molecule has 0 bridgehead atoms. The van der Waals surface area contributed by atoms with Gasteiger partial charge in [-0.3, -0.25) is 4.79 Å². The molecule has 0 amide bonds. The van der Waals surface area contributed by atoms with Crippen LogP contribution in [0.3, 0.4) is 0 Å². The number of ketones is 1. The zero-order valence-electron chi connectivity index (χ0n) is 8.19. The standard InChI is InChI=1S/C11H9NO3/c1-2-15-11(14)10(13)9-5-3-8(7-12)4-6-9/h3-6H,2H2,1H3. The molecule has 15 heavy (non-hydrogen) atoms. The lowest BCUT2D eigenvalue weighted by Crippen LogP contribution is -2.17. The molecule has 76 valence electrons. The van der Waals surface area contributed by atoms with Gasteiger partial charge in [0.15, 0.2) is 0 Å². The summed E-state index contributed by atoms with van der Waals surface area (Å²) < 4.78 is 4.56. The zero-order valence-corrected chi connectivity index (χ0v) is 8.19. The van der Waals surface area contributed by atoms with Gasteiger partial charge >= 0.3 is 5.97 Å². The molecule has 0 saturated heterocycles. The average molecular weight is 203 g/mol. The highest BCUT2D eigenvalue weighted by Crippen LogP contribution is 2.05. The van der Waals surface area contributed by atoms with Crippen LogP contribution in [0, 0.1) is 11.3 Å². The predicted molar refractivity (Wildman–Crippen MR) is 52.1 cm³/mol. The Bertz CT molecular complexity index is 414. The van der Waals surface area contributed by atoms with E-state index in [4.69, 9.17) is 5.26 Å². The van der Waals surface area contributed by atoms with Crippen molar-refractivity contribution >= 4 is 11.8 Å². The van der Waals surface area contributed by atoms with Gasteiger partial charge in [0.05, 0.1) is 18.2 Å². The van der Waals surface area contributed by atoms with Crippen LogP contribution in [-0.2, 0) is 9.53 Å². The van der Waals surface area contributed by atoms with Crippen molar-refractivity contribution in [2.45, 2.75) is 6.92 Å². The van der Waals surface area contributed by atoms with Gasteiger partial charge in [-0.05, 0) is 31.2 Å². The third-order valence-electron chi connectivity index (χ3n) is 1.74. The van der Waals surface area contributed by atoms with Crippen molar-refractivity contribution in [2.75, 3.05) is 6.61 Å². The van der Waals surface area contributed by atoms with Crippen molar-refractivity contribution in [2.24, 2.45) is 0 Å². The normalized spacial score (nSPS) is 9.07. The lowest BCUT2D eigenvalue weighted by molar-refractivity contribution is -0.137. The molecule has 0 aliphatic rings. The van der Waals surface area contributed by atoms with E-state index >= 15 is 0 Å². The minimum Gasteiger partial charge on any atom is -0.460 e. The molecule has 4 heteroatoms. The first-order valence-electron chi connectivity index (χ1n) is 4.40. The van der Waals surface area contributed by atoms with Gasteiger partial charge in [-0.15, -0.1) is 0 Å². The summed E-state index contributed by atoms with van der Waals surface area (Å²) in [7, 11) is 0. The molecule has 0 N–H and O–H groups in total. The van der Waals surface area contributed by atoms with Crippen LogP contribution in [0.5, 0.6) is 0 Å². The quantitative estimate of drug-likeness (QED) is 0.422. The Balaban J connectivity index is 2.84. The smallest absolute Gasteiger partial charge is 0.379 e. The van der Waals surface area contributed by atoms with E-state index in [9.17, 15) is 9.59 Å². The number of carbonyl (C=O) groups is 2. The van der Waals surface area contributed by atoms with Crippen molar-refractivity contribution in [3.8, 4) is 6.07 Å². The summed E-state index contributed by atoms with van der Waals surface area (Å²) in [6, 6.07) is 7.73. The maximum atomic E-state index is 11.4. The molecule has 1 aromatic carbocycles. The second kappa shape index (κ2) is 4.91. The minimum absolute atomic E-state index is 0.168. The summed E-state index contributed by atoms with van der Waals surface area (Å²) in [4.78, 5) is 22.4. The van der Waals surface area contributed by atoms with Crippen LogP contribution in [0.1, 0.15) is 22.8 Å². The van der Waals surface area contributed by atoms with Crippen LogP contribution in [0.25, 0.3) is 0 Å². The van der Waals surface area contributed by atoms with Crippen LogP contribution in [0.4, 0.5) is 0 Å². The minimum atomic E-state index is -0.873. The third-order valence-corrected chi connectivity index (χ3v) is 1.74. The average Bonchev–Trinajstić information content (AvgIpc) is 2.28. The largest absolute Gasteiger partial charge is 0.460 e. The fourth-order valence-corrected chi connectivity index (χ4v) is 1.01. The number of ether oxygens (including phenoxy) is 1. The number of esters is 1. The molecule has 0 heterocycles. The summed E-state index contributed by atoms with van der Waals surface area (Å²) >= 11 is 0. The molecule has 0 radical (unpaired) electrons. The Morgan fingerprint density at radius 3 is 2.40 bits per heavy atom. The molecule has 0 saturated carbocycles. The number of Topliss-reactive ketones (excluding diaryl/α,β-unsaturated/α-hetero) is 1. The second-order valence-corrected chi connectivity index (χ2v) is 2.74. The first kappa shape index (κ1) is 10.9. The maximum absolute atomic E-state index is 11.4. The highest BCUT2D eigenvalue weighted by atomic mass is 16.5. The molecular formula is C11H9NO3. The molecule has 1 rings (SSSR count). The van der Waals surface area contributed by atoms with Gasteiger partial charge in [0, 0.05) is 5.56 Å². The van der Waals surface area contributed by atoms with Crippen molar-refractivity contribution in [3.05, 3.63) is 35.4 Å². The van der Waals surface area contributed by atoms with Crippen molar-refractivity contribution in [3.63, 3.8) is 0 Å². The molecular weight excluding hydrogens is 194 g/mol. The number of hydrogen-bond acceptors (Lipinski definition) is 4. The summed E-state index contributed by atoms with van der Waals surface area (Å²) in [5.74, 6) is -1.57. The molecule has 0 aromatic heterocycles.